The lowest BCUT2D eigenvalue weighted by atomic mass is 9.90. The van der Waals surface area contributed by atoms with Crippen molar-refractivity contribution in [2.24, 2.45) is 0 Å². The van der Waals surface area contributed by atoms with Crippen molar-refractivity contribution in [3.63, 3.8) is 0 Å². The molecule has 0 aliphatic heterocycles. The molecule has 1 aromatic carbocycles. The van der Waals surface area contributed by atoms with Gasteiger partial charge >= 0.3 is 0 Å². The summed E-state index contributed by atoms with van der Waals surface area (Å²) < 4.78 is 13.9. The van der Waals surface area contributed by atoms with Crippen LogP contribution < -0.4 is 5.32 Å². The molecule has 5 heteroatoms. The van der Waals surface area contributed by atoms with Crippen LogP contribution in [-0.4, -0.2) is 37.0 Å². The number of hydrogen-bond donors (Lipinski definition) is 1. The number of carbonyl (C=O) groups is 1. The third kappa shape index (κ3) is 3.38. The molecule has 0 spiro atoms. The van der Waals surface area contributed by atoms with Crippen molar-refractivity contribution in [1.29, 1.82) is 0 Å². The van der Waals surface area contributed by atoms with Gasteiger partial charge in [0.1, 0.15) is 5.82 Å². The van der Waals surface area contributed by atoms with Gasteiger partial charge in [-0.1, -0.05) is 0 Å². The van der Waals surface area contributed by atoms with Gasteiger partial charge in [0.2, 0.25) is 0 Å². The summed E-state index contributed by atoms with van der Waals surface area (Å²) in [6, 6.07) is 5.01. The summed E-state index contributed by atoms with van der Waals surface area (Å²) in [4.78, 5) is 14.2. The van der Waals surface area contributed by atoms with Gasteiger partial charge in [-0.15, -0.1) is 0 Å². The first-order chi connectivity index (χ1) is 9.52. The Morgan fingerprint density at radius 1 is 1.35 bits per heavy atom. The summed E-state index contributed by atoms with van der Waals surface area (Å²) in [5.74, 6) is -0.506. The summed E-state index contributed by atoms with van der Waals surface area (Å²) in [5, 5.41) is 3.28. The van der Waals surface area contributed by atoms with Gasteiger partial charge < -0.3 is 10.2 Å². The van der Waals surface area contributed by atoms with Gasteiger partial charge in [-0.25, -0.2) is 4.39 Å². The van der Waals surface area contributed by atoms with Crippen LogP contribution in [0.1, 0.15) is 36.0 Å². The maximum absolute atomic E-state index is 13.3. The molecule has 0 aromatic heterocycles. The van der Waals surface area contributed by atoms with E-state index in [2.05, 4.69) is 21.2 Å². The quantitative estimate of drug-likeness (QED) is 0.914. The molecule has 0 bridgehead atoms. The van der Waals surface area contributed by atoms with Crippen molar-refractivity contribution < 1.29 is 9.18 Å². The molecule has 0 heterocycles. The topological polar surface area (TPSA) is 32.3 Å². The monoisotopic (exact) mass is 342 g/mol. The van der Waals surface area contributed by atoms with E-state index in [1.165, 1.54) is 12.1 Å². The summed E-state index contributed by atoms with van der Waals surface area (Å²) in [6.07, 6.45) is 4.12. The number of benzene rings is 1. The SMILES string of the molecule is CNC1CCC(N(C)C(=O)c2cc(F)ccc2Br)CC1. The standard InChI is InChI=1S/C15H20BrFN2O/c1-18-11-4-6-12(7-5-11)19(2)15(20)13-9-10(17)3-8-14(13)16/h3,8-9,11-12,18H,4-7H2,1-2H3. The lowest BCUT2D eigenvalue weighted by Crippen LogP contribution is -2.42. The molecule has 1 saturated carbocycles. The number of amides is 1. The first-order valence-corrected chi connectivity index (χ1v) is 7.71. The van der Waals surface area contributed by atoms with E-state index in [0.717, 1.165) is 25.7 Å². The highest BCUT2D eigenvalue weighted by molar-refractivity contribution is 9.10. The molecule has 0 saturated heterocycles. The van der Waals surface area contributed by atoms with Gasteiger partial charge in [0.25, 0.3) is 5.91 Å². The molecule has 1 aliphatic rings. The maximum Gasteiger partial charge on any atom is 0.255 e. The van der Waals surface area contributed by atoms with E-state index < -0.39 is 0 Å². The van der Waals surface area contributed by atoms with Crippen molar-refractivity contribution >= 4 is 21.8 Å². The van der Waals surface area contributed by atoms with Crippen LogP contribution in [0.3, 0.4) is 0 Å². The van der Waals surface area contributed by atoms with Crippen LogP contribution in [0.2, 0.25) is 0 Å². The normalized spacial score (nSPS) is 22.6. The predicted octanol–water partition coefficient (Wildman–Crippen LogP) is 3.19. The Hall–Kier alpha value is -0.940. The summed E-state index contributed by atoms with van der Waals surface area (Å²) in [5.41, 5.74) is 0.392. The van der Waals surface area contributed by atoms with Gasteiger partial charge in [-0.3, -0.25) is 4.79 Å². The first-order valence-electron chi connectivity index (χ1n) is 6.92. The highest BCUT2D eigenvalue weighted by Gasteiger charge is 2.27. The van der Waals surface area contributed by atoms with Crippen LogP contribution in [0.15, 0.2) is 22.7 Å². The van der Waals surface area contributed by atoms with E-state index in [9.17, 15) is 9.18 Å². The summed E-state index contributed by atoms with van der Waals surface area (Å²) >= 11 is 3.32. The molecule has 1 aliphatic carbocycles. The van der Waals surface area contributed by atoms with Crippen LogP contribution in [0.4, 0.5) is 4.39 Å². The van der Waals surface area contributed by atoms with Crippen LogP contribution in [0.5, 0.6) is 0 Å². The fourth-order valence-electron chi connectivity index (χ4n) is 2.77. The molecule has 1 fully saturated rings. The fraction of sp³-hybridized carbons (Fsp3) is 0.533. The molecule has 3 nitrogen and oxygen atoms in total. The Morgan fingerprint density at radius 2 is 2.00 bits per heavy atom. The average molecular weight is 343 g/mol. The number of carbonyl (C=O) groups excluding carboxylic acids is 1. The molecule has 0 unspecified atom stereocenters. The van der Waals surface area contributed by atoms with Gasteiger partial charge in [0.05, 0.1) is 5.56 Å². The second kappa shape index (κ2) is 6.68. The zero-order valence-corrected chi connectivity index (χ0v) is 13.4. The van der Waals surface area contributed by atoms with Crippen molar-refractivity contribution in [1.82, 2.24) is 10.2 Å². The van der Waals surface area contributed by atoms with E-state index in [-0.39, 0.29) is 17.8 Å². The minimum atomic E-state index is -0.385. The Bertz CT molecular complexity index is 487. The van der Waals surface area contributed by atoms with Crippen LogP contribution in [0, 0.1) is 5.82 Å². The van der Waals surface area contributed by atoms with Gasteiger partial charge in [-0.05, 0) is 66.9 Å². The van der Waals surface area contributed by atoms with Crippen LogP contribution in [-0.2, 0) is 0 Å². The number of rotatable bonds is 3. The number of nitrogens with one attached hydrogen (secondary N) is 1. The van der Waals surface area contributed by atoms with E-state index >= 15 is 0 Å². The third-order valence-corrected chi connectivity index (χ3v) is 4.82. The number of hydrogen-bond acceptors (Lipinski definition) is 2. The van der Waals surface area contributed by atoms with Gasteiger partial charge in [0, 0.05) is 23.6 Å². The first kappa shape index (κ1) is 15.4. The molecule has 110 valence electrons. The highest BCUT2D eigenvalue weighted by Crippen LogP contribution is 2.25. The van der Waals surface area contributed by atoms with E-state index in [1.807, 2.05) is 14.1 Å². The lowest BCUT2D eigenvalue weighted by molar-refractivity contribution is 0.0684. The molecule has 1 aromatic rings. The largest absolute Gasteiger partial charge is 0.339 e. The van der Waals surface area contributed by atoms with Crippen molar-refractivity contribution in [2.45, 2.75) is 37.8 Å². The molecule has 2 rings (SSSR count). The summed E-state index contributed by atoms with van der Waals surface area (Å²) in [7, 11) is 3.79. The second-order valence-corrected chi connectivity index (χ2v) is 6.19. The lowest BCUT2D eigenvalue weighted by Gasteiger charge is -2.34. The van der Waals surface area contributed by atoms with Crippen molar-refractivity contribution in [3.8, 4) is 0 Å². The Kier molecular flexibility index (Phi) is 5.16. The van der Waals surface area contributed by atoms with E-state index in [4.69, 9.17) is 0 Å². The molecular formula is C15H20BrFN2O. The Morgan fingerprint density at radius 3 is 2.60 bits per heavy atom. The maximum atomic E-state index is 13.3. The van der Waals surface area contributed by atoms with E-state index in [0.29, 0.717) is 16.1 Å². The number of halogens is 2. The van der Waals surface area contributed by atoms with Gasteiger partial charge in [0.15, 0.2) is 0 Å². The third-order valence-electron chi connectivity index (χ3n) is 4.13. The highest BCUT2D eigenvalue weighted by atomic mass is 79.9. The molecule has 0 radical (unpaired) electrons. The van der Waals surface area contributed by atoms with Crippen LogP contribution in [0.25, 0.3) is 0 Å². The Balaban J connectivity index is 2.07. The molecular weight excluding hydrogens is 323 g/mol. The molecule has 20 heavy (non-hydrogen) atoms. The van der Waals surface area contributed by atoms with Crippen molar-refractivity contribution in [3.05, 3.63) is 34.1 Å². The zero-order chi connectivity index (χ0) is 14.7. The minimum absolute atomic E-state index is 0.121. The second-order valence-electron chi connectivity index (χ2n) is 5.33. The Labute approximate surface area is 127 Å². The predicted molar refractivity (Wildman–Crippen MR) is 81.3 cm³/mol. The zero-order valence-electron chi connectivity index (χ0n) is 11.8. The smallest absolute Gasteiger partial charge is 0.255 e. The van der Waals surface area contributed by atoms with Gasteiger partial charge in [-0.2, -0.15) is 0 Å². The molecule has 0 atom stereocenters. The van der Waals surface area contributed by atoms with E-state index in [1.54, 1.807) is 11.0 Å². The average Bonchev–Trinajstić information content (AvgIpc) is 2.48. The number of nitrogens with zero attached hydrogens (tertiary/aromatic N) is 1. The molecule has 1 N–H and O–H groups in total. The van der Waals surface area contributed by atoms with Crippen LogP contribution >= 0.6 is 15.9 Å². The minimum Gasteiger partial charge on any atom is -0.339 e. The van der Waals surface area contributed by atoms with Crippen molar-refractivity contribution in [2.75, 3.05) is 14.1 Å². The fourth-order valence-corrected chi connectivity index (χ4v) is 3.19. The molecule has 1 amide bonds. The summed E-state index contributed by atoms with van der Waals surface area (Å²) in [6.45, 7) is 0.